The third kappa shape index (κ3) is 3.62. The molecular formula is C20H20ClN3O. The number of benzene rings is 2. The van der Waals surface area contributed by atoms with Crippen molar-refractivity contribution >= 4 is 23.2 Å². The number of likely N-dealkylation sites (tertiary alicyclic amines) is 1. The Labute approximate surface area is 153 Å². The van der Waals surface area contributed by atoms with E-state index in [1.807, 2.05) is 31.3 Å². The monoisotopic (exact) mass is 353 g/mol. The number of halogens is 1. The van der Waals surface area contributed by atoms with E-state index >= 15 is 0 Å². The lowest BCUT2D eigenvalue weighted by Gasteiger charge is -2.31. The van der Waals surface area contributed by atoms with E-state index in [1.54, 1.807) is 11.0 Å². The number of carbonyl (C=O) groups is 1. The van der Waals surface area contributed by atoms with E-state index in [0.717, 1.165) is 5.69 Å². The molecule has 128 valence electrons. The zero-order chi connectivity index (χ0) is 18.0. The van der Waals surface area contributed by atoms with Crippen LogP contribution in [-0.4, -0.2) is 30.4 Å². The Kier molecular flexibility index (Phi) is 4.96. The predicted octanol–water partition coefficient (Wildman–Crippen LogP) is 3.76. The van der Waals surface area contributed by atoms with Gasteiger partial charge in [0.05, 0.1) is 16.6 Å². The molecule has 0 bridgehead atoms. The summed E-state index contributed by atoms with van der Waals surface area (Å²) in [5.74, 6) is 0.152. The Morgan fingerprint density at radius 3 is 2.68 bits per heavy atom. The Hall–Kier alpha value is -2.51. The van der Waals surface area contributed by atoms with Crippen molar-refractivity contribution in [2.24, 2.45) is 0 Å². The van der Waals surface area contributed by atoms with Crippen LogP contribution in [-0.2, 0) is 11.3 Å². The van der Waals surface area contributed by atoms with Gasteiger partial charge in [-0.3, -0.25) is 4.79 Å². The number of aryl methyl sites for hydroxylation is 1. The van der Waals surface area contributed by atoms with Crippen LogP contribution in [0.2, 0.25) is 5.02 Å². The van der Waals surface area contributed by atoms with E-state index < -0.39 is 0 Å². The number of nitrogens with zero attached hydrogens (tertiary/aromatic N) is 3. The van der Waals surface area contributed by atoms with Gasteiger partial charge in [-0.15, -0.1) is 0 Å². The Balaban J connectivity index is 1.97. The van der Waals surface area contributed by atoms with Crippen LogP contribution in [0.25, 0.3) is 0 Å². The van der Waals surface area contributed by atoms with E-state index in [9.17, 15) is 4.79 Å². The van der Waals surface area contributed by atoms with Crippen molar-refractivity contribution in [1.82, 2.24) is 4.90 Å². The van der Waals surface area contributed by atoms with Crippen molar-refractivity contribution in [2.45, 2.75) is 25.9 Å². The largest absolute Gasteiger partial charge is 0.362 e. The maximum atomic E-state index is 12.0. The van der Waals surface area contributed by atoms with Gasteiger partial charge in [0.25, 0.3) is 0 Å². The van der Waals surface area contributed by atoms with Crippen LogP contribution in [0.3, 0.4) is 0 Å². The topological polar surface area (TPSA) is 47.3 Å². The van der Waals surface area contributed by atoms with Crippen molar-refractivity contribution in [3.8, 4) is 6.07 Å². The SMILES string of the molecule is Cc1ccccc1CN(c1ccc(C#N)c(Cl)c1)[C@H]1CC(=O)N(C)C1. The van der Waals surface area contributed by atoms with Gasteiger partial charge in [-0.1, -0.05) is 35.9 Å². The minimum Gasteiger partial charge on any atom is -0.362 e. The zero-order valence-electron chi connectivity index (χ0n) is 14.4. The molecule has 0 aromatic heterocycles. The van der Waals surface area contributed by atoms with Crippen molar-refractivity contribution in [3.05, 3.63) is 64.2 Å². The molecule has 25 heavy (non-hydrogen) atoms. The Bertz CT molecular complexity index is 843. The average molecular weight is 354 g/mol. The molecule has 2 aromatic rings. The molecule has 0 aliphatic carbocycles. The zero-order valence-corrected chi connectivity index (χ0v) is 15.1. The first-order chi connectivity index (χ1) is 12.0. The minimum absolute atomic E-state index is 0.0844. The lowest BCUT2D eigenvalue weighted by Crippen LogP contribution is -2.37. The van der Waals surface area contributed by atoms with Gasteiger partial charge in [-0.2, -0.15) is 5.26 Å². The van der Waals surface area contributed by atoms with Gasteiger partial charge in [0.15, 0.2) is 0 Å². The average Bonchev–Trinajstić information content (AvgIpc) is 2.93. The van der Waals surface area contributed by atoms with Crippen LogP contribution in [0.1, 0.15) is 23.1 Å². The number of amides is 1. The molecule has 1 aliphatic heterocycles. The molecule has 1 aliphatic rings. The molecular weight excluding hydrogens is 334 g/mol. The Morgan fingerprint density at radius 2 is 2.08 bits per heavy atom. The van der Waals surface area contributed by atoms with Crippen molar-refractivity contribution < 1.29 is 4.79 Å². The lowest BCUT2D eigenvalue weighted by atomic mass is 10.1. The van der Waals surface area contributed by atoms with Gasteiger partial charge in [-0.05, 0) is 36.2 Å². The fourth-order valence-electron chi connectivity index (χ4n) is 3.22. The standard InChI is InChI=1S/C20H20ClN3O/c1-14-5-3-4-6-16(14)12-24(18-10-20(25)23(2)13-18)17-8-7-15(11-22)19(21)9-17/h3-9,18H,10,12-13H2,1-2H3/t18-/m0/s1. The van der Waals surface area contributed by atoms with E-state index in [2.05, 4.69) is 30.0 Å². The van der Waals surface area contributed by atoms with Gasteiger partial charge in [0, 0.05) is 32.2 Å². The quantitative estimate of drug-likeness (QED) is 0.840. The second kappa shape index (κ2) is 7.16. The highest BCUT2D eigenvalue weighted by Crippen LogP contribution is 2.29. The van der Waals surface area contributed by atoms with E-state index in [0.29, 0.717) is 30.1 Å². The number of rotatable bonds is 4. The first kappa shape index (κ1) is 17.3. The van der Waals surface area contributed by atoms with Crippen molar-refractivity contribution in [3.63, 3.8) is 0 Å². The highest BCUT2D eigenvalue weighted by atomic mass is 35.5. The summed E-state index contributed by atoms with van der Waals surface area (Å²) < 4.78 is 0. The fourth-order valence-corrected chi connectivity index (χ4v) is 3.44. The second-order valence-electron chi connectivity index (χ2n) is 6.46. The third-order valence-electron chi connectivity index (χ3n) is 4.77. The smallest absolute Gasteiger partial charge is 0.224 e. The summed E-state index contributed by atoms with van der Waals surface area (Å²) >= 11 is 6.25. The summed E-state index contributed by atoms with van der Waals surface area (Å²) in [4.78, 5) is 16.0. The maximum Gasteiger partial charge on any atom is 0.224 e. The molecule has 2 aromatic carbocycles. The Morgan fingerprint density at radius 1 is 1.32 bits per heavy atom. The lowest BCUT2D eigenvalue weighted by molar-refractivity contribution is -0.126. The summed E-state index contributed by atoms with van der Waals surface area (Å²) in [6.45, 7) is 3.47. The van der Waals surface area contributed by atoms with E-state index in [1.165, 1.54) is 11.1 Å². The van der Waals surface area contributed by atoms with Crippen LogP contribution in [0.4, 0.5) is 5.69 Å². The van der Waals surface area contributed by atoms with Gasteiger partial charge < -0.3 is 9.80 Å². The molecule has 1 amide bonds. The van der Waals surface area contributed by atoms with Gasteiger partial charge >= 0.3 is 0 Å². The summed E-state index contributed by atoms with van der Waals surface area (Å²) in [5, 5.41) is 9.54. The van der Waals surface area contributed by atoms with Gasteiger partial charge in [0.2, 0.25) is 5.91 Å². The summed E-state index contributed by atoms with van der Waals surface area (Å²) in [6, 6.07) is 15.9. The maximum absolute atomic E-state index is 12.0. The minimum atomic E-state index is 0.0844. The van der Waals surface area contributed by atoms with Crippen LogP contribution in [0.15, 0.2) is 42.5 Å². The molecule has 0 unspecified atom stereocenters. The van der Waals surface area contributed by atoms with Crippen LogP contribution in [0.5, 0.6) is 0 Å². The molecule has 5 heteroatoms. The summed E-state index contributed by atoms with van der Waals surface area (Å²) in [5.41, 5.74) is 3.82. The number of likely N-dealkylation sites (N-methyl/N-ethyl adjacent to an activating group) is 1. The molecule has 0 N–H and O–H groups in total. The molecule has 0 radical (unpaired) electrons. The number of hydrogen-bond donors (Lipinski definition) is 0. The molecule has 1 saturated heterocycles. The molecule has 0 spiro atoms. The number of hydrogen-bond acceptors (Lipinski definition) is 3. The van der Waals surface area contributed by atoms with Crippen molar-refractivity contribution in [2.75, 3.05) is 18.5 Å². The van der Waals surface area contributed by atoms with E-state index in [4.69, 9.17) is 16.9 Å². The second-order valence-corrected chi connectivity index (χ2v) is 6.87. The molecule has 4 nitrogen and oxygen atoms in total. The number of nitriles is 1. The molecule has 1 fully saturated rings. The first-order valence-electron chi connectivity index (χ1n) is 8.24. The van der Waals surface area contributed by atoms with E-state index in [-0.39, 0.29) is 11.9 Å². The number of anilines is 1. The molecule has 1 atom stereocenters. The first-order valence-corrected chi connectivity index (χ1v) is 8.62. The molecule has 3 rings (SSSR count). The van der Waals surface area contributed by atoms with Crippen LogP contribution in [0, 0.1) is 18.3 Å². The van der Waals surface area contributed by atoms with Gasteiger partial charge in [0.1, 0.15) is 6.07 Å². The highest BCUT2D eigenvalue weighted by molar-refractivity contribution is 6.32. The van der Waals surface area contributed by atoms with Crippen LogP contribution < -0.4 is 4.90 Å². The highest BCUT2D eigenvalue weighted by Gasteiger charge is 2.32. The molecule has 1 heterocycles. The predicted molar refractivity (Wildman–Crippen MR) is 99.6 cm³/mol. The van der Waals surface area contributed by atoms with Crippen LogP contribution >= 0.6 is 11.6 Å². The molecule has 0 saturated carbocycles. The number of carbonyl (C=O) groups excluding carboxylic acids is 1. The van der Waals surface area contributed by atoms with Gasteiger partial charge in [-0.25, -0.2) is 0 Å². The fraction of sp³-hybridized carbons (Fsp3) is 0.300. The summed E-state index contributed by atoms with van der Waals surface area (Å²) in [6.07, 6.45) is 0.486. The summed E-state index contributed by atoms with van der Waals surface area (Å²) in [7, 11) is 1.83. The third-order valence-corrected chi connectivity index (χ3v) is 5.08. The van der Waals surface area contributed by atoms with Crippen molar-refractivity contribution in [1.29, 1.82) is 5.26 Å². The normalized spacial score (nSPS) is 16.8.